The van der Waals surface area contributed by atoms with E-state index in [1.165, 1.54) is 0 Å². The van der Waals surface area contributed by atoms with E-state index in [0.29, 0.717) is 12.1 Å². The third-order valence-corrected chi connectivity index (χ3v) is 4.68. The molecule has 5 nitrogen and oxygen atoms in total. The Morgan fingerprint density at radius 1 is 1.25 bits per heavy atom. The van der Waals surface area contributed by atoms with Crippen molar-refractivity contribution in [2.24, 2.45) is 0 Å². The fourth-order valence-corrected chi connectivity index (χ4v) is 3.38. The SMILES string of the molecule is O=C(ON1CCCC1c1nc2ccc(Br)cc2[nH]1)c1ccccc1. The summed E-state index contributed by atoms with van der Waals surface area (Å²) in [7, 11) is 0. The maximum atomic E-state index is 12.3. The van der Waals surface area contributed by atoms with Crippen molar-refractivity contribution in [1.29, 1.82) is 0 Å². The summed E-state index contributed by atoms with van der Waals surface area (Å²) in [6, 6.07) is 14.9. The van der Waals surface area contributed by atoms with Crippen LogP contribution in [-0.4, -0.2) is 27.5 Å². The summed E-state index contributed by atoms with van der Waals surface area (Å²) < 4.78 is 1.00. The first kappa shape index (κ1) is 15.4. The second-order valence-corrected chi connectivity index (χ2v) is 6.74. The molecule has 1 atom stereocenters. The number of imidazole rings is 1. The molecule has 24 heavy (non-hydrogen) atoms. The molecule has 1 N–H and O–H groups in total. The number of carbonyl (C=O) groups excluding carboxylic acids is 1. The van der Waals surface area contributed by atoms with Crippen LogP contribution in [-0.2, 0) is 4.84 Å². The first-order valence-corrected chi connectivity index (χ1v) is 8.69. The van der Waals surface area contributed by atoms with Crippen molar-refractivity contribution in [2.75, 3.05) is 6.54 Å². The first-order chi connectivity index (χ1) is 11.7. The topological polar surface area (TPSA) is 58.2 Å². The van der Waals surface area contributed by atoms with Crippen molar-refractivity contribution in [3.05, 3.63) is 64.4 Å². The van der Waals surface area contributed by atoms with E-state index in [1.807, 2.05) is 36.4 Å². The van der Waals surface area contributed by atoms with Crippen LogP contribution in [0.15, 0.2) is 53.0 Å². The number of fused-ring (bicyclic) bond motifs is 1. The Kier molecular flexibility index (Phi) is 4.08. The van der Waals surface area contributed by atoms with Crippen molar-refractivity contribution in [3.8, 4) is 0 Å². The highest BCUT2D eigenvalue weighted by atomic mass is 79.9. The maximum absolute atomic E-state index is 12.3. The highest BCUT2D eigenvalue weighted by Crippen LogP contribution is 2.32. The van der Waals surface area contributed by atoms with E-state index >= 15 is 0 Å². The largest absolute Gasteiger partial charge is 0.363 e. The molecule has 6 heteroatoms. The number of benzene rings is 2. The number of hydrogen-bond acceptors (Lipinski definition) is 4. The number of H-pyrrole nitrogens is 1. The van der Waals surface area contributed by atoms with Crippen molar-refractivity contribution in [1.82, 2.24) is 15.0 Å². The van der Waals surface area contributed by atoms with Crippen molar-refractivity contribution in [2.45, 2.75) is 18.9 Å². The summed E-state index contributed by atoms with van der Waals surface area (Å²) in [5, 5.41) is 1.74. The van der Waals surface area contributed by atoms with E-state index in [4.69, 9.17) is 4.84 Å². The maximum Gasteiger partial charge on any atom is 0.357 e. The molecule has 1 aliphatic rings. The molecule has 4 rings (SSSR count). The van der Waals surface area contributed by atoms with Gasteiger partial charge in [0.05, 0.1) is 16.6 Å². The Morgan fingerprint density at radius 3 is 2.92 bits per heavy atom. The number of hydrogen-bond donors (Lipinski definition) is 1. The number of hydroxylamine groups is 2. The number of halogens is 1. The normalized spacial score (nSPS) is 18.1. The molecule has 0 bridgehead atoms. The smallest absolute Gasteiger partial charge is 0.357 e. The number of nitrogens with zero attached hydrogens (tertiary/aromatic N) is 2. The van der Waals surface area contributed by atoms with Gasteiger partial charge in [0.2, 0.25) is 0 Å². The summed E-state index contributed by atoms with van der Waals surface area (Å²) in [5.41, 5.74) is 2.44. The molecule has 1 fully saturated rings. The van der Waals surface area contributed by atoms with Crippen LogP contribution < -0.4 is 0 Å². The van der Waals surface area contributed by atoms with Gasteiger partial charge in [0.25, 0.3) is 0 Å². The third kappa shape index (κ3) is 2.95. The summed E-state index contributed by atoms with van der Waals surface area (Å²) >= 11 is 3.47. The summed E-state index contributed by atoms with van der Waals surface area (Å²) in [4.78, 5) is 25.9. The van der Waals surface area contributed by atoms with Gasteiger partial charge in [-0.25, -0.2) is 9.78 Å². The number of carbonyl (C=O) groups is 1. The molecule has 3 aromatic rings. The molecule has 2 aromatic carbocycles. The average molecular weight is 386 g/mol. The molecule has 0 spiro atoms. The third-order valence-electron chi connectivity index (χ3n) is 4.19. The molecule has 122 valence electrons. The average Bonchev–Trinajstić information content (AvgIpc) is 3.21. The fourth-order valence-electron chi connectivity index (χ4n) is 3.02. The zero-order chi connectivity index (χ0) is 16.5. The lowest BCUT2D eigenvalue weighted by molar-refractivity contribution is -0.121. The Balaban J connectivity index is 1.56. The highest BCUT2D eigenvalue weighted by Gasteiger charge is 2.32. The molecule has 1 aliphatic heterocycles. The predicted octanol–water partition coefficient (Wildman–Crippen LogP) is 4.23. The Labute approximate surface area is 147 Å². The number of aromatic nitrogens is 2. The monoisotopic (exact) mass is 385 g/mol. The summed E-state index contributed by atoms with van der Waals surface area (Å²) in [5.74, 6) is 0.503. The van der Waals surface area contributed by atoms with Gasteiger partial charge in [0.15, 0.2) is 0 Å². The van der Waals surface area contributed by atoms with Gasteiger partial charge in [0, 0.05) is 11.0 Å². The molecule has 1 aromatic heterocycles. The van der Waals surface area contributed by atoms with Crippen LogP contribution in [0.25, 0.3) is 11.0 Å². The minimum absolute atomic E-state index is 0.0381. The van der Waals surface area contributed by atoms with Gasteiger partial charge in [-0.2, -0.15) is 0 Å². The van der Waals surface area contributed by atoms with Crippen LogP contribution in [0.3, 0.4) is 0 Å². The van der Waals surface area contributed by atoms with Crippen LogP contribution in [0.1, 0.15) is 35.1 Å². The van der Waals surface area contributed by atoms with Gasteiger partial charge in [-0.1, -0.05) is 34.1 Å². The molecular weight excluding hydrogens is 370 g/mol. The lowest BCUT2D eigenvalue weighted by Gasteiger charge is -2.21. The standard InChI is InChI=1S/C18H16BrN3O2/c19-13-8-9-14-15(11-13)21-17(20-14)16-7-4-10-22(16)24-18(23)12-5-2-1-3-6-12/h1-3,5-6,8-9,11,16H,4,7,10H2,(H,20,21). The molecule has 1 unspecified atom stereocenters. The second-order valence-electron chi connectivity index (χ2n) is 5.83. The minimum atomic E-state index is -0.332. The zero-order valence-electron chi connectivity index (χ0n) is 12.9. The lowest BCUT2D eigenvalue weighted by Crippen LogP contribution is -2.27. The highest BCUT2D eigenvalue weighted by molar-refractivity contribution is 9.10. The van der Waals surface area contributed by atoms with Gasteiger partial charge < -0.3 is 9.82 Å². The van der Waals surface area contributed by atoms with Crippen LogP contribution in [0.2, 0.25) is 0 Å². The van der Waals surface area contributed by atoms with E-state index in [9.17, 15) is 4.79 Å². The van der Waals surface area contributed by atoms with E-state index in [1.54, 1.807) is 17.2 Å². The van der Waals surface area contributed by atoms with Crippen molar-refractivity contribution >= 4 is 32.9 Å². The van der Waals surface area contributed by atoms with Gasteiger partial charge in [-0.05, 0) is 43.2 Å². The molecule has 0 radical (unpaired) electrons. The second kappa shape index (κ2) is 6.37. The zero-order valence-corrected chi connectivity index (χ0v) is 14.5. The van der Waals surface area contributed by atoms with Crippen LogP contribution in [0.5, 0.6) is 0 Å². The lowest BCUT2D eigenvalue weighted by atomic mass is 10.2. The Hall–Kier alpha value is -2.18. The van der Waals surface area contributed by atoms with Crippen molar-refractivity contribution in [3.63, 3.8) is 0 Å². The quantitative estimate of drug-likeness (QED) is 0.732. The summed E-state index contributed by atoms with van der Waals surface area (Å²) in [6.07, 6.45) is 1.87. The molecule has 0 saturated carbocycles. The fraction of sp³-hybridized carbons (Fsp3) is 0.222. The molecule has 0 amide bonds. The summed E-state index contributed by atoms with van der Waals surface area (Å²) in [6.45, 7) is 0.712. The van der Waals surface area contributed by atoms with Crippen LogP contribution >= 0.6 is 15.9 Å². The number of rotatable bonds is 3. The van der Waals surface area contributed by atoms with Gasteiger partial charge >= 0.3 is 5.97 Å². The number of nitrogens with one attached hydrogen (secondary N) is 1. The Morgan fingerprint density at radius 2 is 2.08 bits per heavy atom. The first-order valence-electron chi connectivity index (χ1n) is 7.90. The molecular formula is C18H16BrN3O2. The van der Waals surface area contributed by atoms with Crippen LogP contribution in [0.4, 0.5) is 0 Å². The molecule has 1 saturated heterocycles. The van der Waals surface area contributed by atoms with Gasteiger partial charge in [-0.15, -0.1) is 5.06 Å². The van der Waals surface area contributed by atoms with E-state index in [0.717, 1.165) is 34.2 Å². The molecule has 2 heterocycles. The van der Waals surface area contributed by atoms with Crippen LogP contribution in [0, 0.1) is 0 Å². The predicted molar refractivity (Wildman–Crippen MR) is 94.3 cm³/mol. The van der Waals surface area contributed by atoms with Gasteiger partial charge in [-0.3, -0.25) is 0 Å². The van der Waals surface area contributed by atoms with E-state index in [-0.39, 0.29) is 12.0 Å². The van der Waals surface area contributed by atoms with E-state index < -0.39 is 0 Å². The Bertz CT molecular complexity index is 878. The molecule has 0 aliphatic carbocycles. The number of aromatic amines is 1. The van der Waals surface area contributed by atoms with Crippen molar-refractivity contribution < 1.29 is 9.63 Å². The minimum Gasteiger partial charge on any atom is -0.363 e. The van der Waals surface area contributed by atoms with E-state index in [2.05, 4.69) is 25.9 Å². The van der Waals surface area contributed by atoms with Gasteiger partial charge in [0.1, 0.15) is 11.9 Å².